The first-order chi connectivity index (χ1) is 60.0. The molecule has 4 aliphatic heterocycles. The quantitative estimate of drug-likeness (QED) is 0.00938. The molecule has 28 nitrogen and oxygen atoms in total. The monoisotopic (exact) mass is 1720 g/mol. The Hall–Kier alpha value is -12.7. The Morgan fingerprint density at radius 3 is 1.50 bits per heavy atom. The molecule has 0 radical (unpaired) electrons. The average Bonchev–Trinajstić information content (AvgIpc) is 1.61. The molecule has 13 rings (SSSR count). The van der Waals surface area contributed by atoms with Crippen LogP contribution >= 0.6 is 0 Å². The summed E-state index contributed by atoms with van der Waals surface area (Å²) in [5.41, 5.74) is 16.7. The lowest BCUT2D eigenvalue weighted by Gasteiger charge is -2.35. The molecule has 9 aromatic rings. The van der Waals surface area contributed by atoms with Crippen molar-refractivity contribution in [3.63, 3.8) is 0 Å². The number of amides is 3. The fourth-order valence-corrected chi connectivity index (χ4v) is 14.1. The van der Waals surface area contributed by atoms with Gasteiger partial charge in [-0.1, -0.05) is 61.0 Å². The van der Waals surface area contributed by atoms with Crippen LogP contribution < -0.4 is 36.3 Å². The number of rotatable bonds is 17. The Balaban J connectivity index is 0.000000241. The van der Waals surface area contributed by atoms with E-state index in [4.69, 9.17) is 67.8 Å². The number of carbonyl (C=O) groups is 3. The predicted molar refractivity (Wildman–Crippen MR) is 500 cm³/mol. The number of piperidine rings is 4. The van der Waals surface area contributed by atoms with E-state index in [0.29, 0.717) is 68.5 Å². The standard InChI is InChI=1S/C26H30N2O3.C23H23N5O.C14H12N2O.C13H20N2O3.C12H20N2O2.C9H22N2O.CH4N2/c1-26(2,3)31-25(29)28-16-7-8-20(19-28)21-15-17-27(18-21)22-11-13-24(14-12-22)30-23-9-5-4-6-10-23;24-23-22-21(26-15-27-23)20(16-5-4-12-25-13-16)14-28(22)17-8-10-19(11-9-17)29-18-6-2-1-3-7-18;15-10-11-16-12-6-8-14(9-7-12)17-13-4-2-1-3-5-13;1-13(2,3)18-12(17)15-7-5-6-10(8-15)11(9-16)14-4;1-12(2,3)16-11(15)14-7-5-6-10(9-14)8-13-4;1-9(2,3)12-8(10(4)5)11(6)7;2-1-3/h4-6,9-15,17-18,20H,7-8,16,19H2,1-3H3;1-3,6-11,14-16,25H,4-5,12-13H2,(H2,24,26,27);1-9,16H,11H2;9-10,16H,5-8H2,1-3H3;10H,5-9H2,1-3H3;8H,1-7H3;1H,(H3,2,3)/p+1/b;;;11-9-;;;. The lowest BCUT2D eigenvalue weighted by molar-refractivity contribution is -0.178. The van der Waals surface area contributed by atoms with E-state index in [-0.39, 0.29) is 37.6 Å². The third-order valence-electron chi connectivity index (χ3n) is 19.7. The first kappa shape index (κ1) is 100. The van der Waals surface area contributed by atoms with E-state index >= 15 is 0 Å². The van der Waals surface area contributed by atoms with E-state index < -0.39 is 16.8 Å². The van der Waals surface area contributed by atoms with Crippen LogP contribution in [0.25, 0.3) is 32.1 Å². The summed E-state index contributed by atoms with van der Waals surface area (Å²) < 4.78 is 43.6. The fourth-order valence-electron chi connectivity index (χ4n) is 14.1. The van der Waals surface area contributed by atoms with Gasteiger partial charge in [0.25, 0.3) is 0 Å². The van der Waals surface area contributed by atoms with Gasteiger partial charge in [-0.3, -0.25) is 15.2 Å². The van der Waals surface area contributed by atoms with Crippen LogP contribution in [0.15, 0.2) is 207 Å². The number of nitrogens with zero attached hydrogens (tertiary/aromatic N) is 12. The summed E-state index contributed by atoms with van der Waals surface area (Å²) in [6.45, 7) is 43.6. The van der Waals surface area contributed by atoms with Crippen molar-refractivity contribution >= 4 is 47.2 Å². The van der Waals surface area contributed by atoms with Gasteiger partial charge in [-0.05, 0) is 284 Å². The van der Waals surface area contributed by atoms with Crippen LogP contribution in [-0.4, -0.2) is 196 Å². The lowest BCUT2D eigenvalue weighted by Crippen LogP contribution is -2.46. The Labute approximate surface area is 747 Å². The number of likely N-dealkylation sites (tertiary alicyclic amines) is 3. The van der Waals surface area contributed by atoms with Crippen LogP contribution in [0.4, 0.5) is 25.9 Å². The molecule has 28 heteroatoms. The van der Waals surface area contributed by atoms with Crippen LogP contribution in [0.2, 0.25) is 0 Å². The van der Waals surface area contributed by atoms with Crippen molar-refractivity contribution in [3.05, 3.63) is 241 Å². The molecule has 0 aliphatic carbocycles. The van der Waals surface area contributed by atoms with Crippen molar-refractivity contribution in [2.75, 3.05) is 105 Å². The highest BCUT2D eigenvalue weighted by Gasteiger charge is 2.33. The minimum atomic E-state index is -0.514. The van der Waals surface area contributed by atoms with Crippen molar-refractivity contribution < 1.29 is 54.1 Å². The molecule has 674 valence electrons. The number of anilines is 2. The maximum absolute atomic E-state index is 12.5. The molecule has 4 atom stereocenters. The van der Waals surface area contributed by atoms with Crippen LogP contribution in [0.3, 0.4) is 0 Å². The second-order valence-electron chi connectivity index (χ2n) is 35.2. The summed E-state index contributed by atoms with van der Waals surface area (Å²) in [6.07, 6.45) is 16.8. The number of carbonyl (C=O) groups excluding carboxylic acids is 3. The van der Waals surface area contributed by atoms with Crippen LogP contribution in [0, 0.1) is 41.7 Å². The third-order valence-corrected chi connectivity index (χ3v) is 19.7. The zero-order valence-electron chi connectivity index (χ0n) is 77.3. The summed E-state index contributed by atoms with van der Waals surface area (Å²) in [5, 5.41) is 29.7. The molecular weight excluding hydrogens is 1590 g/mol. The smallest absolute Gasteiger partial charge is 0.527 e. The molecular formula is C98H132N17O11+. The molecule has 4 unspecified atom stereocenters. The maximum Gasteiger partial charge on any atom is 1.00 e. The largest absolute Gasteiger partial charge is 1.00 e. The summed E-state index contributed by atoms with van der Waals surface area (Å²) in [6, 6.07) is 56.9. The summed E-state index contributed by atoms with van der Waals surface area (Å²) in [4.78, 5) is 60.9. The first-order valence-corrected chi connectivity index (χ1v) is 42.8. The van der Waals surface area contributed by atoms with Crippen molar-refractivity contribution in [1.29, 1.82) is 10.7 Å². The van der Waals surface area contributed by atoms with E-state index in [9.17, 15) is 14.4 Å². The van der Waals surface area contributed by atoms with E-state index in [1.54, 1.807) is 16.1 Å². The van der Waals surface area contributed by atoms with Gasteiger partial charge in [0.2, 0.25) is 12.2 Å². The van der Waals surface area contributed by atoms with E-state index in [1.165, 1.54) is 17.5 Å². The molecule has 7 heterocycles. The molecule has 4 fully saturated rings. The van der Waals surface area contributed by atoms with E-state index in [2.05, 4.69) is 103 Å². The van der Waals surface area contributed by atoms with Gasteiger partial charge in [-0.2, -0.15) is 5.26 Å². The second-order valence-corrected chi connectivity index (χ2v) is 35.2. The minimum absolute atomic E-state index is 0. The molecule has 3 aromatic heterocycles. The molecule has 0 saturated carbocycles. The van der Waals surface area contributed by atoms with Crippen LogP contribution in [-0.2, 0) is 18.9 Å². The molecule has 6 aromatic carbocycles. The molecule has 0 spiro atoms. The Bertz CT molecular complexity index is 4940. The molecule has 8 N–H and O–H groups in total. The van der Waals surface area contributed by atoms with Gasteiger partial charge in [0.15, 0.2) is 12.2 Å². The second kappa shape index (κ2) is 49.7. The molecule has 4 aliphatic rings. The third kappa shape index (κ3) is 34.8. The van der Waals surface area contributed by atoms with E-state index in [1.807, 2.05) is 263 Å². The number of fused-ring (bicyclic) bond motifs is 1. The van der Waals surface area contributed by atoms with Crippen molar-refractivity contribution in [2.24, 2.45) is 17.6 Å². The van der Waals surface area contributed by atoms with Gasteiger partial charge >= 0.3 is 19.7 Å². The molecule has 4 saturated heterocycles. The zero-order chi connectivity index (χ0) is 92.0. The highest BCUT2D eigenvalue weighted by atomic mass is 16.6. The summed E-state index contributed by atoms with van der Waals surface area (Å²) in [7, 11) is 8.04. The van der Waals surface area contributed by atoms with E-state index in [0.717, 1.165) is 146 Å². The Morgan fingerprint density at radius 2 is 1.06 bits per heavy atom. The number of aliphatic hydroxyl groups excluding tert-OH is 1. The first-order valence-electron chi connectivity index (χ1n) is 42.8. The molecule has 0 bridgehead atoms. The Morgan fingerprint density at radius 1 is 0.611 bits per heavy atom. The summed E-state index contributed by atoms with van der Waals surface area (Å²) >= 11 is 0. The number of hydrogen-bond acceptors (Lipinski definition) is 20. The minimum Gasteiger partial charge on any atom is -0.527 e. The molecule has 3 amide bonds. The SMILES string of the molecule is CC(C)(C)OC(=O)N1CCCC(c2ccn(-c3ccc(Oc4ccccc4)cc3)c2)C1.CN(C)C(OC(C)(C)C)N(C)C.N#CCNc1ccc(Oc2ccccc2)cc1.N=CN.Nc1ncnc2c(C3CCCNC3)cn(-c3ccc(Oc4ccccc4)cc3)c12.[C-]#[N+]/C(=C\O)C1CCCN(C(=O)OC(C)(C)C)C1.[C-]#[N+]CC1CCCN(C(=O)OC(C)(C)C)C1.[H+]. The number of benzene rings is 6. The number of nitrogens with one attached hydrogen (secondary N) is 3. The van der Waals surface area contributed by atoms with Gasteiger partial charge in [0, 0.05) is 111 Å². The van der Waals surface area contributed by atoms with Gasteiger partial charge in [0.1, 0.15) is 69.7 Å². The number of nitriles is 1. The number of ether oxygens (including phenoxy) is 7. The van der Waals surface area contributed by atoms with Gasteiger partial charge < -0.3 is 89.0 Å². The predicted octanol–water partition coefficient (Wildman–Crippen LogP) is 20.4. The maximum atomic E-state index is 12.5. The fraction of sp³-hybridized carbons (Fsp3) is 0.439. The van der Waals surface area contributed by atoms with Gasteiger partial charge in [0.05, 0.1) is 36.4 Å². The molecule has 126 heavy (non-hydrogen) atoms. The van der Waals surface area contributed by atoms with Gasteiger partial charge in [-0.25, -0.2) is 35.8 Å². The van der Waals surface area contributed by atoms with Crippen LogP contribution in [0.5, 0.6) is 34.5 Å². The van der Waals surface area contributed by atoms with Gasteiger partial charge in [-0.15, -0.1) is 0 Å². The highest BCUT2D eigenvalue weighted by Crippen LogP contribution is 2.37. The van der Waals surface area contributed by atoms with Crippen molar-refractivity contribution in [1.82, 2.24) is 48.9 Å². The summed E-state index contributed by atoms with van der Waals surface area (Å²) in [5.74, 6) is 6.30. The average molecular weight is 1720 g/mol. The normalized spacial score (nSPS) is 16.4. The number of aromatic nitrogens is 4. The topological polar surface area (TPSA) is 320 Å². The highest BCUT2D eigenvalue weighted by molar-refractivity contribution is 5.90. The van der Waals surface area contributed by atoms with Crippen molar-refractivity contribution in [2.45, 2.75) is 175 Å². The van der Waals surface area contributed by atoms with Crippen molar-refractivity contribution in [3.8, 4) is 51.9 Å². The Kier molecular flexibility index (Phi) is 39.7. The number of para-hydroxylation sites is 3. The zero-order valence-corrected chi connectivity index (χ0v) is 76.3. The number of nitrogens with two attached hydrogens (primary N) is 2. The number of hydrogen-bond donors (Lipinski definition) is 6. The van der Waals surface area contributed by atoms with Crippen LogP contribution in [0.1, 0.15) is 159 Å². The number of aliphatic hydroxyl groups is 1. The lowest BCUT2D eigenvalue weighted by atomic mass is 9.93. The number of nitrogen functional groups attached to an aromatic ring is 1.